The summed E-state index contributed by atoms with van der Waals surface area (Å²) in [5, 5.41) is 5.97. The number of hydrogen-bond donors (Lipinski definition) is 2. The number of carbonyl (C=O) groups is 4. The van der Waals surface area contributed by atoms with Crippen LogP contribution in [0.15, 0.2) is 0 Å². The highest BCUT2D eigenvalue weighted by Gasteiger charge is 2.61. The van der Waals surface area contributed by atoms with Crippen LogP contribution in [0.1, 0.15) is 41.5 Å². The lowest BCUT2D eigenvalue weighted by atomic mass is 10.2. The number of nitrogens with one attached hydrogen (secondary N) is 2. The van der Waals surface area contributed by atoms with Crippen molar-refractivity contribution in [3.05, 3.63) is 0 Å². The van der Waals surface area contributed by atoms with Crippen molar-refractivity contribution in [1.29, 1.82) is 0 Å². The van der Waals surface area contributed by atoms with Gasteiger partial charge >= 0.3 is 49.1 Å². The Balaban J connectivity index is 0.000000861. The lowest BCUT2D eigenvalue weighted by molar-refractivity contribution is -0.309. The number of halogens is 13. The van der Waals surface area contributed by atoms with Gasteiger partial charge in [0.2, 0.25) is 0 Å². The van der Waals surface area contributed by atoms with Crippen molar-refractivity contribution in [2.24, 2.45) is 0 Å². The zero-order valence-corrected chi connectivity index (χ0v) is 32.5. The van der Waals surface area contributed by atoms with Crippen molar-refractivity contribution in [2.45, 2.75) is 89.7 Å². The van der Waals surface area contributed by atoms with Gasteiger partial charge in [0, 0.05) is 78.5 Å². The van der Waals surface area contributed by atoms with Gasteiger partial charge < -0.3 is 49.2 Å². The standard InChI is InChI=1S/C13H18F6N2O4.C9H18N2O2.C8H10F6N2O2.ClH/c1-11(2,3)25-10(23)21-6-4-20(5-7-21)9(22)24-8(12(14,15)16)13(17,18)19;1-9(2,3)13-8(12)11-6-4-10-5-7-11;9-7(10,11)5(8(12,13)14)18-6(17)16-3-1-15-2-4-16;/h8H,4-7H2,1-3H3;10H,4-7H2,1-3H3;5,15H,1-4H2;1H. The molecule has 3 heterocycles. The number of amides is 4. The van der Waals surface area contributed by atoms with Crippen LogP contribution < -0.4 is 10.6 Å². The molecule has 336 valence electrons. The second-order valence-electron chi connectivity index (χ2n) is 14.1. The topological polar surface area (TPSA) is 142 Å². The van der Waals surface area contributed by atoms with Gasteiger partial charge in [0.05, 0.1) is 0 Å². The first-order valence-electron chi connectivity index (χ1n) is 16.8. The van der Waals surface area contributed by atoms with E-state index in [1.54, 1.807) is 25.7 Å². The third-order valence-corrected chi connectivity index (χ3v) is 6.96. The third kappa shape index (κ3) is 20.6. The van der Waals surface area contributed by atoms with Crippen LogP contribution in [0.2, 0.25) is 0 Å². The smallest absolute Gasteiger partial charge is 0.434 e. The average molecular weight is 883 g/mol. The lowest BCUT2D eigenvalue weighted by Crippen LogP contribution is -2.54. The number of nitrogens with zero attached hydrogens (tertiary/aromatic N) is 4. The zero-order chi connectivity index (χ0) is 43.5. The molecule has 3 saturated heterocycles. The maximum Gasteiger partial charge on any atom is 0.434 e. The third-order valence-electron chi connectivity index (χ3n) is 6.96. The van der Waals surface area contributed by atoms with E-state index in [0.717, 1.165) is 31.1 Å². The number of carbonyl (C=O) groups excluding carboxylic acids is 4. The SMILES string of the molecule is CC(C)(C)OC(=O)N1CCN(C(=O)OC(C(F)(F)F)C(F)(F)F)CC1.CC(C)(C)OC(=O)N1CCNCC1.Cl.O=C(OC(C(F)(F)F)C(F)(F)F)N1CCNCC1. The molecule has 14 nitrogen and oxygen atoms in total. The first-order valence-corrected chi connectivity index (χ1v) is 16.8. The van der Waals surface area contributed by atoms with E-state index in [1.807, 2.05) is 20.8 Å². The van der Waals surface area contributed by atoms with Crippen LogP contribution in [0.4, 0.5) is 71.9 Å². The van der Waals surface area contributed by atoms with E-state index in [1.165, 1.54) is 4.90 Å². The normalized spacial score (nSPS) is 17.3. The first kappa shape index (κ1) is 53.5. The molecular formula is C30H47ClF12N6O8. The van der Waals surface area contributed by atoms with E-state index in [0.29, 0.717) is 4.90 Å². The molecule has 3 fully saturated rings. The summed E-state index contributed by atoms with van der Waals surface area (Å²) in [5.74, 6) is 0. The van der Waals surface area contributed by atoms with Gasteiger partial charge in [-0.15, -0.1) is 12.4 Å². The Morgan fingerprint density at radius 1 is 0.421 bits per heavy atom. The molecule has 0 bridgehead atoms. The summed E-state index contributed by atoms with van der Waals surface area (Å²) in [5.41, 5.74) is -1.15. The maximum absolute atomic E-state index is 12.4. The minimum atomic E-state index is -5.77. The highest BCUT2D eigenvalue weighted by atomic mass is 35.5. The predicted molar refractivity (Wildman–Crippen MR) is 177 cm³/mol. The molecule has 3 rings (SSSR count). The molecule has 0 atom stereocenters. The Hall–Kier alpha value is -3.55. The highest BCUT2D eigenvalue weighted by molar-refractivity contribution is 5.85. The number of piperazine rings is 3. The van der Waals surface area contributed by atoms with E-state index in [4.69, 9.17) is 9.47 Å². The van der Waals surface area contributed by atoms with Crippen molar-refractivity contribution in [1.82, 2.24) is 30.2 Å². The van der Waals surface area contributed by atoms with Crippen LogP contribution in [0.25, 0.3) is 0 Å². The minimum Gasteiger partial charge on any atom is -0.444 e. The quantitative estimate of drug-likeness (QED) is 0.253. The molecule has 0 unspecified atom stereocenters. The molecule has 4 amide bonds. The maximum atomic E-state index is 12.4. The van der Waals surface area contributed by atoms with E-state index >= 15 is 0 Å². The number of hydrogen-bond acceptors (Lipinski definition) is 10. The summed E-state index contributed by atoms with van der Waals surface area (Å²) in [6, 6.07) is 0. The second kappa shape index (κ2) is 21.5. The highest BCUT2D eigenvalue weighted by Crippen LogP contribution is 2.37. The molecule has 27 heteroatoms. The van der Waals surface area contributed by atoms with Gasteiger partial charge in [-0.05, 0) is 41.5 Å². The summed E-state index contributed by atoms with van der Waals surface area (Å²) in [7, 11) is 0. The van der Waals surface area contributed by atoms with Gasteiger partial charge in [-0.25, -0.2) is 19.2 Å². The van der Waals surface area contributed by atoms with Crippen molar-refractivity contribution in [2.75, 3.05) is 78.5 Å². The average Bonchev–Trinajstić information content (AvgIpc) is 3.03. The van der Waals surface area contributed by atoms with Gasteiger partial charge in [0.15, 0.2) is 0 Å². The summed E-state index contributed by atoms with van der Waals surface area (Å²) in [6.45, 7) is 13.6. The molecule has 0 radical (unpaired) electrons. The molecule has 0 aliphatic carbocycles. The van der Waals surface area contributed by atoms with Crippen LogP contribution in [-0.2, 0) is 18.9 Å². The van der Waals surface area contributed by atoms with Crippen LogP contribution >= 0.6 is 12.4 Å². The van der Waals surface area contributed by atoms with E-state index < -0.39 is 60.8 Å². The van der Waals surface area contributed by atoms with Crippen LogP contribution in [-0.4, -0.2) is 171 Å². The molecule has 2 N–H and O–H groups in total. The number of rotatable bonds is 2. The number of ether oxygens (including phenoxy) is 4. The molecule has 0 aromatic rings. The van der Waals surface area contributed by atoms with Crippen molar-refractivity contribution < 1.29 is 90.8 Å². The van der Waals surface area contributed by atoms with Crippen LogP contribution in [0, 0.1) is 0 Å². The van der Waals surface area contributed by atoms with Crippen molar-refractivity contribution >= 4 is 36.8 Å². The Morgan fingerprint density at radius 2 is 0.632 bits per heavy atom. The molecular weight excluding hydrogens is 836 g/mol. The molecule has 3 aliphatic rings. The zero-order valence-electron chi connectivity index (χ0n) is 31.6. The fourth-order valence-electron chi connectivity index (χ4n) is 4.41. The Kier molecular flexibility index (Phi) is 20.1. The predicted octanol–water partition coefficient (Wildman–Crippen LogP) is 5.94. The van der Waals surface area contributed by atoms with Crippen LogP contribution in [0.3, 0.4) is 0 Å². The summed E-state index contributed by atoms with van der Waals surface area (Å²) >= 11 is 0. The van der Waals surface area contributed by atoms with E-state index in [2.05, 4.69) is 20.1 Å². The molecule has 3 aliphatic heterocycles. The molecule has 57 heavy (non-hydrogen) atoms. The molecule has 0 spiro atoms. The van der Waals surface area contributed by atoms with Gasteiger partial charge in [-0.2, -0.15) is 52.7 Å². The minimum absolute atomic E-state index is 0. The number of alkyl halides is 12. The van der Waals surface area contributed by atoms with Gasteiger partial charge in [-0.3, -0.25) is 0 Å². The van der Waals surface area contributed by atoms with E-state index in [-0.39, 0.29) is 76.5 Å². The first-order chi connectivity index (χ1) is 25.2. The van der Waals surface area contributed by atoms with Crippen LogP contribution in [0.5, 0.6) is 0 Å². The van der Waals surface area contributed by atoms with Gasteiger partial charge in [0.1, 0.15) is 11.2 Å². The Labute approximate surface area is 326 Å². The van der Waals surface area contributed by atoms with Gasteiger partial charge in [0.25, 0.3) is 12.2 Å². The monoisotopic (exact) mass is 882 g/mol. The Morgan fingerprint density at radius 3 is 0.860 bits per heavy atom. The summed E-state index contributed by atoms with van der Waals surface area (Å²) in [4.78, 5) is 50.4. The van der Waals surface area contributed by atoms with Crippen molar-refractivity contribution in [3.8, 4) is 0 Å². The Bertz CT molecular complexity index is 1250. The van der Waals surface area contributed by atoms with Gasteiger partial charge in [-0.1, -0.05) is 0 Å². The fraction of sp³-hybridized carbons (Fsp3) is 0.867. The van der Waals surface area contributed by atoms with Crippen molar-refractivity contribution in [3.63, 3.8) is 0 Å². The largest absolute Gasteiger partial charge is 0.444 e. The lowest BCUT2D eigenvalue weighted by Gasteiger charge is -2.35. The van der Waals surface area contributed by atoms with E-state index in [9.17, 15) is 71.9 Å². The second-order valence-corrected chi connectivity index (χ2v) is 14.1. The summed E-state index contributed by atoms with van der Waals surface area (Å²) < 4.78 is 164. The molecule has 0 aromatic heterocycles. The molecule has 0 saturated carbocycles. The summed E-state index contributed by atoms with van der Waals surface area (Å²) in [6.07, 6.45) is -35.4. The fourth-order valence-corrected chi connectivity index (χ4v) is 4.41. The molecule has 0 aromatic carbocycles.